The normalized spacial score (nSPS) is 61.3. The van der Waals surface area contributed by atoms with Gasteiger partial charge in [0.2, 0.25) is 0 Å². The minimum atomic E-state index is -0.549. The number of aliphatic hydroxyl groups is 3. The number of hydrogen-bond acceptors (Lipinski definition) is 3. The molecule has 0 aromatic heterocycles. The fourth-order valence-corrected chi connectivity index (χ4v) is 9.54. The van der Waals surface area contributed by atoms with E-state index in [0.717, 1.165) is 51.4 Å². The molecule has 3 nitrogen and oxygen atoms in total. The molecule has 0 unspecified atom stereocenters. The number of alkyl halides is 1. The highest BCUT2D eigenvalue weighted by atomic mass is 79.9. The zero-order valence-electron chi connectivity index (χ0n) is 16.0. The predicted octanol–water partition coefficient (Wildman–Crippen LogP) is 3.88. The van der Waals surface area contributed by atoms with E-state index in [0.29, 0.717) is 23.7 Å². The van der Waals surface area contributed by atoms with E-state index < -0.39 is 5.60 Å². The Morgan fingerprint density at radius 3 is 2.40 bits per heavy atom. The van der Waals surface area contributed by atoms with Gasteiger partial charge in [0.05, 0.1) is 18.3 Å². The standard InChI is InChI=1S/C21H35BrO3/c1-13-10-14(24)11-20(22)9-4-15-16-6-8-19(3,25)18(16,2)7-5-17(15)21(13,20)12-23/h13-17,23-25H,4-12H2,1-3H3/t13-,14+,15+,16+,17+,18+,19+,20-,21-/m1/s1. The highest BCUT2D eigenvalue weighted by Crippen LogP contribution is 2.71. The van der Waals surface area contributed by atoms with Crippen molar-refractivity contribution in [1.82, 2.24) is 0 Å². The average molecular weight is 415 g/mol. The highest BCUT2D eigenvalue weighted by molar-refractivity contribution is 9.10. The topological polar surface area (TPSA) is 60.7 Å². The van der Waals surface area contributed by atoms with Crippen molar-refractivity contribution in [1.29, 1.82) is 0 Å². The minimum Gasteiger partial charge on any atom is -0.396 e. The van der Waals surface area contributed by atoms with Crippen LogP contribution >= 0.6 is 15.9 Å². The average Bonchev–Trinajstić information content (AvgIpc) is 2.76. The van der Waals surface area contributed by atoms with Crippen LogP contribution in [0.2, 0.25) is 0 Å². The molecule has 4 fully saturated rings. The maximum atomic E-state index is 11.0. The molecule has 4 aliphatic carbocycles. The summed E-state index contributed by atoms with van der Waals surface area (Å²) in [6.45, 7) is 6.83. The van der Waals surface area contributed by atoms with Gasteiger partial charge in [-0.2, -0.15) is 0 Å². The second-order valence-corrected chi connectivity index (χ2v) is 11.9. The largest absolute Gasteiger partial charge is 0.396 e. The van der Waals surface area contributed by atoms with Crippen molar-refractivity contribution >= 4 is 15.9 Å². The molecule has 4 heteroatoms. The van der Waals surface area contributed by atoms with Crippen molar-refractivity contribution in [3.8, 4) is 0 Å². The fourth-order valence-electron chi connectivity index (χ4n) is 8.12. The maximum absolute atomic E-state index is 11.0. The molecule has 0 radical (unpaired) electrons. The van der Waals surface area contributed by atoms with E-state index in [2.05, 4.69) is 29.8 Å². The van der Waals surface area contributed by atoms with E-state index in [1.54, 1.807) is 0 Å². The van der Waals surface area contributed by atoms with E-state index in [-0.39, 0.29) is 27.9 Å². The summed E-state index contributed by atoms with van der Waals surface area (Å²) < 4.78 is -0.137. The molecule has 0 saturated heterocycles. The molecule has 4 saturated carbocycles. The Kier molecular flexibility index (Phi) is 4.25. The molecule has 0 aromatic carbocycles. The minimum absolute atomic E-state index is 0.0224. The van der Waals surface area contributed by atoms with Gasteiger partial charge >= 0.3 is 0 Å². The summed E-state index contributed by atoms with van der Waals surface area (Å²) in [6, 6.07) is 0. The Morgan fingerprint density at radius 2 is 1.72 bits per heavy atom. The molecular formula is C21H35BrO3. The number of rotatable bonds is 1. The highest BCUT2D eigenvalue weighted by Gasteiger charge is 2.68. The first kappa shape index (κ1) is 18.7. The van der Waals surface area contributed by atoms with Crippen LogP contribution in [0.4, 0.5) is 0 Å². The maximum Gasteiger partial charge on any atom is 0.0675 e. The fraction of sp³-hybridized carbons (Fsp3) is 1.00. The lowest BCUT2D eigenvalue weighted by Crippen LogP contribution is -2.66. The first-order valence-corrected chi connectivity index (χ1v) is 11.1. The van der Waals surface area contributed by atoms with Gasteiger partial charge in [-0.05, 0) is 87.4 Å². The quantitative estimate of drug-likeness (QED) is 0.570. The van der Waals surface area contributed by atoms with E-state index in [1.165, 1.54) is 0 Å². The lowest BCUT2D eigenvalue weighted by atomic mass is 9.42. The van der Waals surface area contributed by atoms with Crippen molar-refractivity contribution in [2.24, 2.45) is 34.5 Å². The zero-order valence-corrected chi connectivity index (χ0v) is 17.6. The Hall–Kier alpha value is 0.360. The molecule has 0 spiro atoms. The summed E-state index contributed by atoms with van der Waals surface area (Å²) in [7, 11) is 0. The summed E-state index contributed by atoms with van der Waals surface area (Å²) in [4.78, 5) is 0. The van der Waals surface area contributed by atoms with Crippen molar-refractivity contribution in [2.75, 3.05) is 6.61 Å². The smallest absolute Gasteiger partial charge is 0.0675 e. The van der Waals surface area contributed by atoms with Crippen molar-refractivity contribution in [3.05, 3.63) is 0 Å². The molecule has 4 rings (SSSR count). The molecule has 4 aliphatic rings. The molecule has 0 heterocycles. The summed E-state index contributed by atoms with van der Waals surface area (Å²) in [6.07, 6.45) is 7.70. The second kappa shape index (κ2) is 5.68. The van der Waals surface area contributed by atoms with Gasteiger partial charge in [0, 0.05) is 9.74 Å². The van der Waals surface area contributed by atoms with Gasteiger partial charge in [-0.15, -0.1) is 0 Å². The molecular weight excluding hydrogens is 380 g/mol. The van der Waals surface area contributed by atoms with Crippen LogP contribution in [0.15, 0.2) is 0 Å². The Bertz CT molecular complexity index is 551. The van der Waals surface area contributed by atoms with E-state index in [9.17, 15) is 15.3 Å². The number of aliphatic hydroxyl groups excluding tert-OH is 2. The molecule has 0 amide bonds. The van der Waals surface area contributed by atoms with Crippen molar-refractivity contribution < 1.29 is 15.3 Å². The number of fused-ring (bicyclic) bond motifs is 5. The van der Waals surface area contributed by atoms with Gasteiger partial charge in [-0.25, -0.2) is 0 Å². The van der Waals surface area contributed by atoms with Crippen molar-refractivity contribution in [2.45, 2.75) is 88.2 Å². The summed E-state index contributed by atoms with van der Waals surface area (Å²) >= 11 is 4.07. The van der Waals surface area contributed by atoms with Crippen LogP contribution in [-0.2, 0) is 0 Å². The summed E-state index contributed by atoms with van der Waals surface area (Å²) in [5.41, 5.74) is -0.661. The molecule has 9 atom stereocenters. The molecule has 144 valence electrons. The van der Waals surface area contributed by atoms with Gasteiger partial charge in [0.1, 0.15) is 0 Å². The third-order valence-electron chi connectivity index (χ3n) is 9.69. The van der Waals surface area contributed by atoms with Crippen LogP contribution in [-0.4, -0.2) is 38.0 Å². The van der Waals surface area contributed by atoms with Gasteiger partial charge in [0.15, 0.2) is 0 Å². The van der Waals surface area contributed by atoms with Crippen LogP contribution in [0.3, 0.4) is 0 Å². The first-order chi connectivity index (χ1) is 11.6. The van der Waals surface area contributed by atoms with Gasteiger partial charge < -0.3 is 15.3 Å². The summed E-state index contributed by atoms with van der Waals surface area (Å²) in [5, 5.41) is 32.1. The van der Waals surface area contributed by atoms with Crippen LogP contribution in [0, 0.1) is 34.5 Å². The molecule has 0 aliphatic heterocycles. The number of halogens is 1. The molecule has 25 heavy (non-hydrogen) atoms. The SMILES string of the molecule is C[C@@H]1C[C@H](O)C[C@]2(Br)CC[C@@H]3[C@H](CC[C@@]4(C)[C@H]3CC[C@]4(C)O)[C@@]12CO. The zero-order chi connectivity index (χ0) is 18.3. The van der Waals surface area contributed by atoms with Gasteiger partial charge in [-0.1, -0.05) is 29.8 Å². The first-order valence-electron chi connectivity index (χ1n) is 10.3. The van der Waals surface area contributed by atoms with E-state index in [1.807, 2.05) is 6.92 Å². The Balaban J connectivity index is 1.74. The van der Waals surface area contributed by atoms with Crippen LogP contribution in [0.1, 0.15) is 72.1 Å². The van der Waals surface area contributed by atoms with Gasteiger partial charge in [0.25, 0.3) is 0 Å². The van der Waals surface area contributed by atoms with Gasteiger partial charge in [-0.3, -0.25) is 0 Å². The van der Waals surface area contributed by atoms with Crippen LogP contribution in [0.25, 0.3) is 0 Å². The third kappa shape index (κ3) is 2.20. The van der Waals surface area contributed by atoms with E-state index in [4.69, 9.17) is 0 Å². The molecule has 0 aromatic rings. The summed E-state index contributed by atoms with van der Waals surface area (Å²) in [5.74, 6) is 1.99. The monoisotopic (exact) mass is 414 g/mol. The lowest BCUT2D eigenvalue weighted by Gasteiger charge is -2.67. The predicted molar refractivity (Wildman–Crippen MR) is 102 cm³/mol. The third-order valence-corrected chi connectivity index (χ3v) is 11.2. The Labute approximate surface area is 160 Å². The van der Waals surface area contributed by atoms with Crippen LogP contribution < -0.4 is 0 Å². The Morgan fingerprint density at radius 1 is 1.04 bits per heavy atom. The molecule has 3 N–H and O–H groups in total. The van der Waals surface area contributed by atoms with Crippen molar-refractivity contribution in [3.63, 3.8) is 0 Å². The van der Waals surface area contributed by atoms with Crippen LogP contribution in [0.5, 0.6) is 0 Å². The van der Waals surface area contributed by atoms with E-state index >= 15 is 0 Å². The molecule has 0 bridgehead atoms. The number of hydrogen-bond donors (Lipinski definition) is 3. The lowest BCUT2D eigenvalue weighted by molar-refractivity contribution is -0.178. The second-order valence-electron chi connectivity index (χ2n) is 10.3.